The van der Waals surface area contributed by atoms with Crippen molar-refractivity contribution in [3.05, 3.63) is 68.8 Å². The molecule has 0 spiro atoms. The number of aryl methyl sites for hydroxylation is 6. The van der Waals surface area contributed by atoms with Crippen LogP contribution in [0.15, 0.2) is 24.3 Å². The van der Waals surface area contributed by atoms with E-state index >= 15 is 0 Å². The van der Waals surface area contributed by atoms with Crippen molar-refractivity contribution in [3.63, 3.8) is 0 Å². The molecule has 5 heteroatoms. The Morgan fingerprint density at radius 1 is 0.800 bits per heavy atom. The normalized spacial score (nSPS) is 16.2. The summed E-state index contributed by atoms with van der Waals surface area (Å²) in [5.74, 6) is 0.323. The molecule has 2 aromatic carbocycles. The van der Waals surface area contributed by atoms with Gasteiger partial charge in [0.05, 0.1) is 6.10 Å². The Hall–Kier alpha value is -0.905. The average Bonchev–Trinajstić information content (AvgIpc) is 2.68. The molecule has 2 aliphatic carbocycles. The summed E-state index contributed by atoms with van der Waals surface area (Å²) in [5.41, 5.74) is 9.89. The number of rotatable bonds is 0. The molecule has 1 unspecified atom stereocenters. The van der Waals surface area contributed by atoms with Gasteiger partial charge in [0.2, 0.25) is 0 Å². The second-order valence-electron chi connectivity index (χ2n) is 7.91. The third kappa shape index (κ3) is 7.07. The summed E-state index contributed by atoms with van der Waals surface area (Å²) in [6.07, 6.45) is 5.79. The molecule has 2 aromatic rings. The minimum absolute atomic E-state index is 0. The van der Waals surface area contributed by atoms with Crippen molar-refractivity contribution >= 4 is 14.2 Å². The first-order valence-corrected chi connectivity index (χ1v) is 10.2. The fourth-order valence-corrected chi connectivity index (χ4v) is 3.98. The molecule has 0 aromatic heterocycles. The minimum atomic E-state index is -0.219. The number of Topliss-reactive ketones (excluding diaryl/α,β-unsaturated/α-hetero) is 1. The van der Waals surface area contributed by atoms with Gasteiger partial charge in [0, 0.05) is 27.5 Å². The number of benzene rings is 2. The van der Waals surface area contributed by atoms with Crippen molar-refractivity contribution < 1.29 is 46.0 Å². The summed E-state index contributed by atoms with van der Waals surface area (Å²) in [4.78, 5) is 11.5. The van der Waals surface area contributed by atoms with E-state index in [4.69, 9.17) is 5.11 Å². The van der Waals surface area contributed by atoms with Gasteiger partial charge in [-0.2, -0.15) is 0 Å². The molecule has 1 atom stereocenters. The predicted octanol–water partition coefficient (Wildman–Crippen LogP) is 1.84. The standard InChI is InChI=1S/C12H16O.C12H14O.CH4O.B.Na.H/c2*1-8-6-10-4-3-5-12(13)11(10)7-9(8)2;1-2;;;/h6-7,12-13H,3-5H2,1-2H3;6-7H,3-5H2,1-2H3;2H,1H3;;;/q;;;;+1;-1. The van der Waals surface area contributed by atoms with Crippen molar-refractivity contribution in [2.75, 3.05) is 7.11 Å². The van der Waals surface area contributed by atoms with E-state index in [1.807, 2.05) is 6.07 Å². The Morgan fingerprint density at radius 3 is 1.93 bits per heavy atom. The van der Waals surface area contributed by atoms with E-state index < -0.39 is 0 Å². The Kier molecular flexibility index (Phi) is 13.1. The van der Waals surface area contributed by atoms with Gasteiger partial charge < -0.3 is 11.6 Å². The number of hydrogen-bond acceptors (Lipinski definition) is 3. The van der Waals surface area contributed by atoms with Crippen LogP contribution in [0.4, 0.5) is 0 Å². The number of aliphatic hydroxyl groups excluding tert-OH is 2. The van der Waals surface area contributed by atoms with Crippen LogP contribution in [0.25, 0.3) is 0 Å². The van der Waals surface area contributed by atoms with Crippen LogP contribution < -0.4 is 29.6 Å². The largest absolute Gasteiger partial charge is 1.00 e. The van der Waals surface area contributed by atoms with E-state index in [0.29, 0.717) is 5.78 Å². The van der Waals surface area contributed by atoms with E-state index in [0.717, 1.165) is 56.8 Å². The molecular weight excluding hydrogens is 382 g/mol. The minimum Gasteiger partial charge on any atom is -1.00 e. The zero-order valence-corrected chi connectivity index (χ0v) is 21.5. The summed E-state index contributed by atoms with van der Waals surface area (Å²) < 4.78 is 0. The van der Waals surface area contributed by atoms with Gasteiger partial charge in [0.1, 0.15) is 0 Å². The number of aliphatic hydroxyl groups is 2. The van der Waals surface area contributed by atoms with Crippen molar-refractivity contribution in [2.24, 2.45) is 0 Å². The maximum Gasteiger partial charge on any atom is 1.00 e. The van der Waals surface area contributed by atoms with E-state index in [9.17, 15) is 9.90 Å². The molecule has 0 saturated carbocycles. The monoisotopic (exact) mass is 417 g/mol. The second-order valence-corrected chi connectivity index (χ2v) is 7.91. The number of carbonyl (C=O) groups excluding carboxylic acids is 1. The van der Waals surface area contributed by atoms with E-state index in [-0.39, 0.29) is 45.5 Å². The first-order valence-electron chi connectivity index (χ1n) is 10.2. The SMILES string of the molecule is CO.Cc1cc2c(cc1C)C(=O)CCC2.Cc1cc2c(cc1C)C(O)CCC2.[B].[H-].[Na+]. The van der Waals surface area contributed by atoms with E-state index in [2.05, 4.69) is 45.9 Å². The van der Waals surface area contributed by atoms with Crippen LogP contribution in [0.2, 0.25) is 0 Å². The Bertz CT molecular complexity index is 855. The van der Waals surface area contributed by atoms with Crippen molar-refractivity contribution in [1.29, 1.82) is 0 Å². The molecular formula is C25H35BNaO3. The summed E-state index contributed by atoms with van der Waals surface area (Å²) in [6.45, 7) is 8.42. The molecule has 4 rings (SSSR count). The Morgan fingerprint density at radius 2 is 1.30 bits per heavy atom. The Labute approximate surface area is 207 Å². The molecule has 0 saturated heterocycles. The van der Waals surface area contributed by atoms with Gasteiger partial charge in [-0.15, -0.1) is 0 Å². The topological polar surface area (TPSA) is 57.5 Å². The van der Waals surface area contributed by atoms with Crippen LogP contribution in [0.5, 0.6) is 0 Å². The van der Waals surface area contributed by atoms with Crippen LogP contribution >= 0.6 is 0 Å². The van der Waals surface area contributed by atoms with Crippen LogP contribution in [0, 0.1) is 27.7 Å². The first-order chi connectivity index (χ1) is 13.4. The summed E-state index contributed by atoms with van der Waals surface area (Å²) >= 11 is 0. The molecule has 0 heterocycles. The second kappa shape index (κ2) is 13.5. The number of hydrogen-bond donors (Lipinski definition) is 2. The van der Waals surface area contributed by atoms with Gasteiger partial charge in [-0.1, -0.05) is 18.2 Å². The van der Waals surface area contributed by atoms with Gasteiger partial charge >= 0.3 is 29.6 Å². The number of fused-ring (bicyclic) bond motifs is 2. The number of carbonyl (C=O) groups is 1. The molecule has 0 amide bonds. The molecule has 2 N–H and O–H groups in total. The zero-order chi connectivity index (χ0) is 20.8. The third-order valence-electron chi connectivity index (χ3n) is 5.91. The first kappa shape index (κ1) is 29.1. The van der Waals surface area contributed by atoms with Crippen LogP contribution in [-0.4, -0.2) is 31.5 Å². The molecule has 0 fully saturated rings. The fraction of sp³-hybridized carbons (Fsp3) is 0.480. The molecule has 30 heavy (non-hydrogen) atoms. The fourth-order valence-electron chi connectivity index (χ4n) is 3.98. The Balaban J connectivity index is 0. The molecule has 157 valence electrons. The summed E-state index contributed by atoms with van der Waals surface area (Å²) in [7, 11) is 1.00. The molecule has 2 aliphatic rings. The van der Waals surface area contributed by atoms with Gasteiger partial charge in [-0.05, 0) is 105 Å². The predicted molar refractivity (Wildman–Crippen MR) is 122 cm³/mol. The van der Waals surface area contributed by atoms with Gasteiger partial charge in [0.15, 0.2) is 5.78 Å². The van der Waals surface area contributed by atoms with Gasteiger partial charge in [-0.25, -0.2) is 0 Å². The van der Waals surface area contributed by atoms with E-state index in [1.165, 1.54) is 33.4 Å². The van der Waals surface area contributed by atoms with Gasteiger partial charge in [0.25, 0.3) is 0 Å². The van der Waals surface area contributed by atoms with Crippen LogP contribution in [0.1, 0.15) is 82.5 Å². The van der Waals surface area contributed by atoms with Gasteiger partial charge in [-0.3, -0.25) is 4.79 Å². The average molecular weight is 417 g/mol. The third-order valence-corrected chi connectivity index (χ3v) is 5.91. The van der Waals surface area contributed by atoms with E-state index in [1.54, 1.807) is 0 Å². The quantitative estimate of drug-likeness (QED) is 0.644. The maximum absolute atomic E-state index is 11.5. The van der Waals surface area contributed by atoms with Crippen molar-refractivity contribution in [2.45, 2.75) is 72.3 Å². The van der Waals surface area contributed by atoms with Crippen molar-refractivity contribution in [3.8, 4) is 0 Å². The molecule has 0 aliphatic heterocycles. The van der Waals surface area contributed by atoms with Crippen LogP contribution in [-0.2, 0) is 12.8 Å². The molecule has 3 radical (unpaired) electrons. The maximum atomic E-state index is 11.5. The van der Waals surface area contributed by atoms with Crippen LogP contribution in [0.3, 0.4) is 0 Å². The number of ketones is 1. The summed E-state index contributed by atoms with van der Waals surface area (Å²) in [6, 6.07) is 8.59. The molecule has 0 bridgehead atoms. The van der Waals surface area contributed by atoms with Crippen molar-refractivity contribution in [1.82, 2.24) is 0 Å². The smallest absolute Gasteiger partial charge is 1.00 e. The summed E-state index contributed by atoms with van der Waals surface area (Å²) in [5, 5.41) is 16.8. The molecule has 3 nitrogen and oxygen atoms in total. The zero-order valence-electron chi connectivity index (χ0n) is 20.5.